The first kappa shape index (κ1) is 9.02. The van der Waals surface area contributed by atoms with Gasteiger partial charge in [0.2, 0.25) is 0 Å². The molecule has 0 aliphatic heterocycles. The Hall–Kier alpha value is -1.55. The van der Waals surface area contributed by atoms with E-state index in [2.05, 4.69) is 9.89 Å². The Morgan fingerprint density at radius 2 is 2.36 bits per heavy atom. The summed E-state index contributed by atoms with van der Waals surface area (Å²) in [5, 5.41) is 4.68. The van der Waals surface area contributed by atoms with Crippen molar-refractivity contribution < 1.29 is 14.1 Å². The first-order chi connectivity index (χ1) is 6.72. The SMILES string of the molecule is COC(=O)c1noc2ccc(Cl)cc12. The normalized spacial score (nSPS) is 10.4. The highest BCUT2D eigenvalue weighted by molar-refractivity contribution is 6.31. The molecular weight excluding hydrogens is 206 g/mol. The summed E-state index contributed by atoms with van der Waals surface area (Å²) in [6.07, 6.45) is 0. The summed E-state index contributed by atoms with van der Waals surface area (Å²) in [6, 6.07) is 4.92. The van der Waals surface area contributed by atoms with E-state index in [1.807, 2.05) is 0 Å². The molecule has 0 saturated heterocycles. The van der Waals surface area contributed by atoms with E-state index in [1.165, 1.54) is 7.11 Å². The van der Waals surface area contributed by atoms with Gasteiger partial charge in [0.25, 0.3) is 0 Å². The van der Waals surface area contributed by atoms with E-state index in [4.69, 9.17) is 16.1 Å². The molecule has 0 N–H and O–H groups in total. The lowest BCUT2D eigenvalue weighted by molar-refractivity contribution is 0.0591. The van der Waals surface area contributed by atoms with E-state index in [0.717, 1.165) is 0 Å². The number of methoxy groups -OCH3 is 1. The Morgan fingerprint density at radius 3 is 3.07 bits per heavy atom. The van der Waals surface area contributed by atoms with Crippen LogP contribution in [0.25, 0.3) is 11.0 Å². The lowest BCUT2D eigenvalue weighted by Gasteiger charge is -1.93. The van der Waals surface area contributed by atoms with Crippen LogP contribution in [-0.4, -0.2) is 18.2 Å². The molecule has 0 radical (unpaired) electrons. The zero-order chi connectivity index (χ0) is 10.1. The van der Waals surface area contributed by atoms with Gasteiger partial charge in [-0.1, -0.05) is 16.8 Å². The quantitative estimate of drug-likeness (QED) is 0.679. The monoisotopic (exact) mass is 211 g/mol. The lowest BCUT2D eigenvalue weighted by atomic mass is 10.2. The minimum Gasteiger partial charge on any atom is -0.464 e. The van der Waals surface area contributed by atoms with Gasteiger partial charge in [-0.05, 0) is 18.2 Å². The number of hydrogen-bond acceptors (Lipinski definition) is 4. The fourth-order valence-electron chi connectivity index (χ4n) is 1.15. The maximum Gasteiger partial charge on any atom is 0.360 e. The minimum atomic E-state index is -0.536. The molecule has 0 aliphatic carbocycles. The van der Waals surface area contributed by atoms with Crippen LogP contribution in [0.3, 0.4) is 0 Å². The van der Waals surface area contributed by atoms with Gasteiger partial charge in [-0.15, -0.1) is 0 Å². The summed E-state index contributed by atoms with van der Waals surface area (Å²) >= 11 is 5.77. The molecule has 0 unspecified atom stereocenters. The van der Waals surface area contributed by atoms with Crippen LogP contribution < -0.4 is 0 Å². The first-order valence-electron chi connectivity index (χ1n) is 3.85. The van der Waals surface area contributed by atoms with Gasteiger partial charge in [-0.2, -0.15) is 0 Å². The fourth-order valence-corrected chi connectivity index (χ4v) is 1.33. The van der Waals surface area contributed by atoms with Gasteiger partial charge in [0.1, 0.15) is 0 Å². The average Bonchev–Trinajstić information content (AvgIpc) is 2.59. The second-order valence-corrected chi connectivity index (χ2v) is 3.10. The summed E-state index contributed by atoms with van der Waals surface area (Å²) in [7, 11) is 1.29. The number of nitrogens with zero attached hydrogens (tertiary/aromatic N) is 1. The van der Waals surface area contributed by atoms with Crippen LogP contribution in [0.2, 0.25) is 5.02 Å². The van der Waals surface area contributed by atoms with Gasteiger partial charge < -0.3 is 9.26 Å². The number of benzene rings is 1. The van der Waals surface area contributed by atoms with Crippen LogP contribution in [0.15, 0.2) is 22.7 Å². The molecule has 0 bridgehead atoms. The highest BCUT2D eigenvalue weighted by Gasteiger charge is 2.16. The predicted molar refractivity (Wildman–Crippen MR) is 50.4 cm³/mol. The number of esters is 1. The number of fused-ring (bicyclic) bond motifs is 1. The minimum absolute atomic E-state index is 0.144. The van der Waals surface area contributed by atoms with Crippen molar-refractivity contribution >= 4 is 28.5 Å². The van der Waals surface area contributed by atoms with Gasteiger partial charge in [0.05, 0.1) is 12.5 Å². The molecule has 0 amide bonds. The number of carbonyl (C=O) groups is 1. The molecule has 2 aromatic rings. The molecule has 4 nitrogen and oxygen atoms in total. The average molecular weight is 212 g/mol. The van der Waals surface area contributed by atoms with Crippen LogP contribution in [0.5, 0.6) is 0 Å². The summed E-state index contributed by atoms with van der Waals surface area (Å²) in [5.74, 6) is -0.536. The molecule has 0 fully saturated rings. The fraction of sp³-hybridized carbons (Fsp3) is 0.111. The Bertz CT molecular complexity index is 492. The van der Waals surface area contributed by atoms with Crippen molar-refractivity contribution in [1.29, 1.82) is 0 Å². The van der Waals surface area contributed by atoms with Crippen LogP contribution >= 0.6 is 11.6 Å². The van der Waals surface area contributed by atoms with E-state index in [0.29, 0.717) is 16.0 Å². The largest absolute Gasteiger partial charge is 0.464 e. The molecule has 0 spiro atoms. The molecule has 1 heterocycles. The smallest absolute Gasteiger partial charge is 0.360 e. The molecule has 2 rings (SSSR count). The molecule has 14 heavy (non-hydrogen) atoms. The Morgan fingerprint density at radius 1 is 1.57 bits per heavy atom. The van der Waals surface area contributed by atoms with Crippen LogP contribution in [0.4, 0.5) is 0 Å². The molecule has 72 valence electrons. The van der Waals surface area contributed by atoms with E-state index in [-0.39, 0.29) is 5.69 Å². The number of ether oxygens (including phenoxy) is 1. The number of rotatable bonds is 1. The second kappa shape index (κ2) is 3.31. The molecular formula is C9H6ClNO3. The van der Waals surface area contributed by atoms with Gasteiger partial charge >= 0.3 is 5.97 Å². The molecule has 1 aromatic carbocycles. The molecule has 0 saturated carbocycles. The van der Waals surface area contributed by atoms with E-state index in [1.54, 1.807) is 18.2 Å². The van der Waals surface area contributed by atoms with Crippen molar-refractivity contribution in [3.63, 3.8) is 0 Å². The highest BCUT2D eigenvalue weighted by atomic mass is 35.5. The van der Waals surface area contributed by atoms with Crippen LogP contribution in [0.1, 0.15) is 10.5 Å². The van der Waals surface area contributed by atoms with Gasteiger partial charge in [0.15, 0.2) is 11.3 Å². The first-order valence-corrected chi connectivity index (χ1v) is 4.23. The van der Waals surface area contributed by atoms with Gasteiger partial charge in [-0.25, -0.2) is 4.79 Å². The Labute approximate surface area is 84.4 Å². The third kappa shape index (κ3) is 1.33. The third-order valence-corrected chi connectivity index (χ3v) is 2.05. The number of halogens is 1. The maximum absolute atomic E-state index is 11.2. The van der Waals surface area contributed by atoms with Crippen molar-refractivity contribution in [2.45, 2.75) is 0 Å². The van der Waals surface area contributed by atoms with E-state index < -0.39 is 5.97 Å². The van der Waals surface area contributed by atoms with Crippen molar-refractivity contribution in [3.05, 3.63) is 28.9 Å². The molecule has 5 heteroatoms. The van der Waals surface area contributed by atoms with Gasteiger partial charge in [-0.3, -0.25) is 0 Å². The van der Waals surface area contributed by atoms with E-state index >= 15 is 0 Å². The number of hydrogen-bond donors (Lipinski definition) is 0. The van der Waals surface area contributed by atoms with Crippen LogP contribution in [-0.2, 0) is 4.74 Å². The standard InChI is InChI=1S/C9H6ClNO3/c1-13-9(12)8-6-4-5(10)2-3-7(6)14-11-8/h2-4H,1H3. The van der Waals surface area contributed by atoms with Crippen molar-refractivity contribution in [1.82, 2.24) is 5.16 Å². The zero-order valence-electron chi connectivity index (χ0n) is 7.28. The van der Waals surface area contributed by atoms with E-state index in [9.17, 15) is 4.79 Å². The summed E-state index contributed by atoms with van der Waals surface area (Å²) in [6.45, 7) is 0. The van der Waals surface area contributed by atoms with Crippen LogP contribution in [0, 0.1) is 0 Å². The second-order valence-electron chi connectivity index (χ2n) is 2.66. The van der Waals surface area contributed by atoms with Crippen molar-refractivity contribution in [3.8, 4) is 0 Å². The van der Waals surface area contributed by atoms with Crippen molar-refractivity contribution in [2.24, 2.45) is 0 Å². The predicted octanol–water partition coefficient (Wildman–Crippen LogP) is 2.27. The highest BCUT2D eigenvalue weighted by Crippen LogP contribution is 2.22. The zero-order valence-corrected chi connectivity index (χ0v) is 8.04. The molecule has 0 aliphatic rings. The number of aromatic nitrogens is 1. The summed E-state index contributed by atoms with van der Waals surface area (Å²) in [5.41, 5.74) is 0.653. The maximum atomic E-state index is 11.2. The Kier molecular flexibility index (Phi) is 2.13. The summed E-state index contributed by atoms with van der Waals surface area (Å²) in [4.78, 5) is 11.2. The topological polar surface area (TPSA) is 52.3 Å². The molecule has 1 aromatic heterocycles. The summed E-state index contributed by atoms with van der Waals surface area (Å²) < 4.78 is 9.46. The van der Waals surface area contributed by atoms with Gasteiger partial charge in [0, 0.05) is 5.02 Å². The molecule has 0 atom stereocenters. The Balaban J connectivity index is 2.67. The van der Waals surface area contributed by atoms with Crippen molar-refractivity contribution in [2.75, 3.05) is 7.11 Å². The number of carbonyl (C=O) groups excluding carboxylic acids is 1. The lowest BCUT2D eigenvalue weighted by Crippen LogP contribution is -2.01. The third-order valence-electron chi connectivity index (χ3n) is 1.81.